The highest BCUT2D eigenvalue weighted by Gasteiger charge is 2.23. The summed E-state index contributed by atoms with van der Waals surface area (Å²) < 4.78 is 27.7. The van der Waals surface area contributed by atoms with E-state index in [1.165, 1.54) is 0 Å². The molecule has 17 nitrogen and oxygen atoms in total. The lowest BCUT2D eigenvalue weighted by atomic mass is 9.96. The first-order valence-corrected chi connectivity index (χ1v) is 31.8. The number of carboxylic acids is 1. The summed E-state index contributed by atoms with van der Waals surface area (Å²) in [6.45, 7) is 23.0. The predicted molar refractivity (Wildman–Crippen MR) is 327 cm³/mol. The minimum Gasteiger partial charge on any atom is -0.481 e. The Bertz CT molecular complexity index is 1240. The van der Waals surface area contributed by atoms with Crippen LogP contribution in [0.1, 0.15) is 274 Å². The largest absolute Gasteiger partial charge is 0.481 e. The van der Waals surface area contributed by atoms with Crippen LogP contribution in [-0.2, 0) is 38.1 Å². The van der Waals surface area contributed by atoms with Crippen LogP contribution in [-0.4, -0.2) is 167 Å². The maximum Gasteiger partial charge on any atom is 0.308 e. The highest BCUT2D eigenvalue weighted by atomic mass is 16.5. The molecule has 81 heavy (non-hydrogen) atoms. The lowest BCUT2D eigenvalue weighted by Crippen LogP contribution is -2.26. The number of ether oxygens (including phenoxy) is 5. The number of rotatable bonds is 39. The zero-order chi connectivity index (χ0) is 62.3. The van der Waals surface area contributed by atoms with Gasteiger partial charge in [0.1, 0.15) is 0 Å². The van der Waals surface area contributed by atoms with Gasteiger partial charge in [0.2, 0.25) is 0 Å². The molecule has 1 heterocycles. The Labute approximate surface area is 495 Å². The van der Waals surface area contributed by atoms with Crippen LogP contribution in [0.4, 0.5) is 0 Å². The van der Waals surface area contributed by atoms with Gasteiger partial charge < -0.3 is 69.6 Å². The topological polar surface area (TPSA) is 279 Å². The molecule has 0 radical (unpaired) electrons. The molecule has 1 aliphatic heterocycles. The molecule has 3 atom stereocenters. The quantitative estimate of drug-likeness (QED) is 0.0204. The maximum absolute atomic E-state index is 12.0. The number of hydrogen-bond donors (Lipinski definition) is 9. The lowest BCUT2D eigenvalue weighted by molar-refractivity contribution is -0.149. The highest BCUT2D eigenvalue weighted by Crippen LogP contribution is 2.24. The van der Waals surface area contributed by atoms with E-state index in [1.807, 2.05) is 27.7 Å². The fraction of sp³-hybridized carbons (Fsp3) is 0.953. The van der Waals surface area contributed by atoms with Crippen molar-refractivity contribution >= 4 is 17.9 Å². The van der Waals surface area contributed by atoms with Gasteiger partial charge in [-0.1, -0.05) is 85.0 Å². The number of aliphatic carboxylic acids is 1. The molecule has 9 N–H and O–H groups in total. The zero-order valence-corrected chi connectivity index (χ0v) is 53.8. The van der Waals surface area contributed by atoms with E-state index in [0.717, 1.165) is 225 Å². The van der Waals surface area contributed by atoms with Crippen molar-refractivity contribution in [2.45, 2.75) is 291 Å². The van der Waals surface area contributed by atoms with E-state index >= 15 is 0 Å². The first kappa shape index (κ1) is 87.7. The van der Waals surface area contributed by atoms with Crippen LogP contribution in [0.25, 0.3) is 0 Å². The van der Waals surface area contributed by atoms with Crippen molar-refractivity contribution in [3.8, 4) is 0 Å². The number of carbonyl (C=O) groups excluding carboxylic acids is 2. The van der Waals surface area contributed by atoms with Gasteiger partial charge in [-0.2, -0.15) is 0 Å². The summed E-state index contributed by atoms with van der Waals surface area (Å²) in [5.74, 6) is -1.14. The second-order valence-electron chi connectivity index (χ2n) is 23.5. The van der Waals surface area contributed by atoms with Gasteiger partial charge in [0, 0.05) is 73.2 Å². The van der Waals surface area contributed by atoms with Crippen LogP contribution in [0.5, 0.6) is 0 Å². The molecule has 17 heteroatoms. The Morgan fingerprint density at radius 2 is 0.901 bits per heavy atom. The van der Waals surface area contributed by atoms with Gasteiger partial charge in [-0.05, 0) is 189 Å². The van der Waals surface area contributed by atoms with Gasteiger partial charge in [0.05, 0.1) is 47.8 Å². The van der Waals surface area contributed by atoms with Crippen molar-refractivity contribution in [1.29, 1.82) is 0 Å². The van der Waals surface area contributed by atoms with Gasteiger partial charge in [0.25, 0.3) is 0 Å². The number of unbranched alkanes of at least 4 members (excludes halogenated alkanes) is 15. The molecule has 3 unspecified atom stereocenters. The summed E-state index contributed by atoms with van der Waals surface area (Å²) in [6.07, 6.45) is 31.7. The van der Waals surface area contributed by atoms with E-state index in [-0.39, 0.29) is 99.4 Å². The molecular formula is C64H132O17. The number of carboxylic acid groups (broad SMARTS) is 1. The minimum absolute atomic E-state index is 0.0174. The summed E-state index contributed by atoms with van der Waals surface area (Å²) >= 11 is 0. The van der Waals surface area contributed by atoms with Crippen molar-refractivity contribution in [2.24, 2.45) is 17.8 Å². The molecule has 1 aliphatic rings. The minimum atomic E-state index is -0.713. The highest BCUT2D eigenvalue weighted by molar-refractivity contribution is 5.72. The molecule has 0 spiro atoms. The second-order valence-corrected chi connectivity index (χ2v) is 23.5. The van der Waals surface area contributed by atoms with Crippen molar-refractivity contribution < 1.29 is 84.0 Å². The Kier molecular flexibility index (Phi) is 71.0. The number of methoxy groups -OCH3 is 1. The Balaban J connectivity index is -0.000000305. The Morgan fingerprint density at radius 3 is 1.30 bits per heavy atom. The Morgan fingerprint density at radius 1 is 0.531 bits per heavy atom. The monoisotopic (exact) mass is 1170 g/mol. The molecule has 1 fully saturated rings. The average molecular weight is 1170 g/mol. The van der Waals surface area contributed by atoms with Crippen molar-refractivity contribution in [2.75, 3.05) is 86.4 Å². The van der Waals surface area contributed by atoms with Crippen molar-refractivity contribution in [1.82, 2.24) is 0 Å². The van der Waals surface area contributed by atoms with E-state index in [4.69, 9.17) is 69.6 Å². The first-order chi connectivity index (χ1) is 38.6. The summed E-state index contributed by atoms with van der Waals surface area (Å²) in [5.41, 5.74) is -0.348. The van der Waals surface area contributed by atoms with Crippen molar-refractivity contribution in [3.63, 3.8) is 0 Å². The molecule has 0 aromatic heterocycles. The summed E-state index contributed by atoms with van der Waals surface area (Å²) in [5, 5.41) is 75.9. The molecule has 0 aromatic rings. The molecule has 0 amide bonds. The lowest BCUT2D eigenvalue weighted by Gasteiger charge is -2.26. The normalized spacial score (nSPS) is 15.6. The van der Waals surface area contributed by atoms with E-state index in [9.17, 15) is 14.4 Å². The summed E-state index contributed by atoms with van der Waals surface area (Å²) in [4.78, 5) is 34.2. The molecule has 0 saturated carbocycles. The number of esters is 2. The van der Waals surface area contributed by atoms with Gasteiger partial charge in [-0.15, -0.1) is 0 Å². The number of carbonyl (C=O) groups is 3. The number of aliphatic hydroxyl groups is 8. The Hall–Kier alpha value is -2.03. The van der Waals surface area contributed by atoms with Crippen LogP contribution in [0.15, 0.2) is 0 Å². The van der Waals surface area contributed by atoms with E-state index in [2.05, 4.69) is 27.7 Å². The third-order valence-corrected chi connectivity index (χ3v) is 13.8. The summed E-state index contributed by atoms with van der Waals surface area (Å²) in [6, 6.07) is 0. The molecule has 490 valence electrons. The van der Waals surface area contributed by atoms with E-state index < -0.39 is 5.97 Å². The SMILES string of the molecule is CC(CCCC(C)(C)OCCCCCCO)C(=O)OCCCCCCO.CC1CCCC(C)(C)OCCCCCCOC1=O.COC(C)(C)CCCC(C)C(=O)O.OCCCCCCO.OCCCCCCO.OCCCCCCO. The molecule has 1 saturated heterocycles. The number of cyclic esters (lactones) is 1. The van der Waals surface area contributed by atoms with Gasteiger partial charge >= 0.3 is 17.9 Å². The molecule has 0 aromatic carbocycles. The smallest absolute Gasteiger partial charge is 0.308 e. The molecule has 0 bridgehead atoms. The van der Waals surface area contributed by atoms with Gasteiger partial charge in [-0.3, -0.25) is 14.4 Å². The van der Waals surface area contributed by atoms with Crippen LogP contribution in [0, 0.1) is 17.8 Å². The van der Waals surface area contributed by atoms with Crippen LogP contribution in [0.3, 0.4) is 0 Å². The van der Waals surface area contributed by atoms with Crippen molar-refractivity contribution in [3.05, 3.63) is 0 Å². The van der Waals surface area contributed by atoms with Gasteiger partial charge in [-0.25, -0.2) is 0 Å². The fourth-order valence-corrected chi connectivity index (χ4v) is 7.86. The maximum atomic E-state index is 12.0. The first-order valence-electron chi connectivity index (χ1n) is 31.8. The number of aliphatic hydroxyl groups excluding tert-OH is 8. The average Bonchev–Trinajstić information content (AvgIpc) is 3.43. The predicted octanol–water partition coefficient (Wildman–Crippen LogP) is 11.8. The third-order valence-electron chi connectivity index (χ3n) is 13.8. The third kappa shape index (κ3) is 74.0. The van der Waals surface area contributed by atoms with Gasteiger partial charge in [0.15, 0.2) is 0 Å². The summed E-state index contributed by atoms with van der Waals surface area (Å²) in [7, 11) is 1.68. The second kappa shape index (κ2) is 65.5. The van der Waals surface area contributed by atoms with Crippen LogP contribution in [0.2, 0.25) is 0 Å². The van der Waals surface area contributed by atoms with Crippen LogP contribution >= 0.6 is 0 Å². The van der Waals surface area contributed by atoms with Crippen LogP contribution < -0.4 is 0 Å². The molecular weight excluding hydrogens is 1040 g/mol. The molecule has 1 rings (SSSR count). The number of hydrogen-bond acceptors (Lipinski definition) is 16. The molecule has 0 aliphatic carbocycles. The van der Waals surface area contributed by atoms with E-state index in [1.54, 1.807) is 14.0 Å². The fourth-order valence-electron chi connectivity index (χ4n) is 7.86. The zero-order valence-electron chi connectivity index (χ0n) is 53.8. The standard InChI is InChI=1S/C21H42O5.C15H28O3.C10H20O3.3C6H14O2/c1-19(20(24)25-17-10-6-4-8-15-22)13-12-14-21(2,3)26-18-11-7-5-9-16-23;1-13-9-8-10-15(2,3)18-12-7-5-4-6-11-17-14(13)16;1-8(9(11)12)6-5-7-10(2,3)13-4;3*7-5-3-1-2-4-6-8/h19,22-23H,4-18H2,1-3H3;13H,4-12H2,1-3H3;8H,5-7H2,1-4H3,(H,11,12);3*7-8H,1-6H2. The van der Waals surface area contributed by atoms with E-state index in [0.29, 0.717) is 13.2 Å².